The van der Waals surface area contributed by atoms with Gasteiger partial charge in [-0.05, 0) is 50.4 Å². The smallest absolute Gasteiger partial charge is 0.167 e. The highest BCUT2D eigenvalue weighted by Gasteiger charge is 2.46. The van der Waals surface area contributed by atoms with E-state index in [1.165, 1.54) is 0 Å². The maximum atomic E-state index is 11.3. The molecule has 128 valence electrons. The molecule has 0 amide bonds. The number of aldehydes is 1. The van der Waals surface area contributed by atoms with Gasteiger partial charge in [-0.1, -0.05) is 13.8 Å². The highest BCUT2D eigenvalue weighted by atomic mass is 31.2. The molecule has 1 saturated heterocycles. The zero-order valence-electron chi connectivity index (χ0n) is 14.5. The molecular formula is C17H31O4P. The number of rotatable bonds is 5. The van der Waals surface area contributed by atoms with Crippen molar-refractivity contribution in [3.8, 4) is 0 Å². The average molecular weight is 330 g/mol. The van der Waals surface area contributed by atoms with Gasteiger partial charge in [-0.2, -0.15) is 0 Å². The highest BCUT2D eigenvalue weighted by Crippen LogP contribution is 2.52. The van der Waals surface area contributed by atoms with Crippen LogP contribution in [0.4, 0.5) is 0 Å². The second-order valence-corrected chi connectivity index (χ2v) is 8.30. The molecule has 0 aromatic carbocycles. The van der Waals surface area contributed by atoms with E-state index in [1.54, 1.807) is 7.11 Å². The van der Waals surface area contributed by atoms with Crippen LogP contribution in [-0.4, -0.2) is 38.4 Å². The molecule has 1 aliphatic carbocycles. The van der Waals surface area contributed by atoms with E-state index >= 15 is 0 Å². The maximum Gasteiger partial charge on any atom is 0.167 e. The summed E-state index contributed by atoms with van der Waals surface area (Å²) < 4.78 is 18.0. The lowest BCUT2D eigenvalue weighted by Gasteiger charge is -2.42. The Morgan fingerprint density at radius 3 is 2.64 bits per heavy atom. The van der Waals surface area contributed by atoms with Crippen molar-refractivity contribution >= 4 is 14.7 Å². The Bertz CT molecular complexity index is 365. The van der Waals surface area contributed by atoms with Crippen molar-refractivity contribution in [2.24, 2.45) is 23.7 Å². The summed E-state index contributed by atoms with van der Waals surface area (Å²) in [7, 11) is 0.967. The van der Waals surface area contributed by atoms with E-state index in [0.717, 1.165) is 32.0 Å². The lowest BCUT2D eigenvalue weighted by atomic mass is 9.68. The fourth-order valence-electron chi connectivity index (χ4n) is 4.19. The molecule has 0 bridgehead atoms. The van der Waals surface area contributed by atoms with Crippen LogP contribution in [0.3, 0.4) is 0 Å². The molecule has 7 unspecified atom stereocenters. The van der Waals surface area contributed by atoms with Crippen molar-refractivity contribution in [2.45, 2.75) is 64.8 Å². The number of carbonyl (C=O) groups is 1. The van der Waals surface area contributed by atoms with Gasteiger partial charge in [0.25, 0.3) is 0 Å². The summed E-state index contributed by atoms with van der Waals surface area (Å²) in [5, 5.41) is 0. The largest absolute Gasteiger partial charge is 0.381 e. The van der Waals surface area contributed by atoms with Gasteiger partial charge < -0.3 is 18.6 Å². The molecular weight excluding hydrogens is 299 g/mol. The Morgan fingerprint density at radius 1 is 1.32 bits per heavy atom. The average Bonchev–Trinajstić information content (AvgIpc) is 2.61. The van der Waals surface area contributed by atoms with Gasteiger partial charge in [0, 0.05) is 19.7 Å². The van der Waals surface area contributed by atoms with E-state index < -0.39 is 8.38 Å². The molecule has 1 aliphatic heterocycles. The summed E-state index contributed by atoms with van der Waals surface area (Å²) in [6.45, 7) is 8.55. The Morgan fingerprint density at radius 2 is 2.05 bits per heavy atom. The zero-order chi connectivity index (χ0) is 16.3. The first-order chi connectivity index (χ1) is 10.5. The Hall–Kier alpha value is -0.0200. The van der Waals surface area contributed by atoms with E-state index in [2.05, 4.69) is 27.4 Å². The lowest BCUT2D eigenvalue weighted by molar-refractivity contribution is -0.112. The van der Waals surface area contributed by atoms with E-state index in [0.29, 0.717) is 23.9 Å². The molecule has 4 nitrogen and oxygen atoms in total. The summed E-state index contributed by atoms with van der Waals surface area (Å²) in [6.07, 6.45) is 5.65. The molecule has 1 heterocycles. The Kier molecular flexibility index (Phi) is 6.82. The predicted molar refractivity (Wildman–Crippen MR) is 88.9 cm³/mol. The molecule has 1 saturated carbocycles. The number of carbonyl (C=O) groups excluding carboxylic acids is 1. The van der Waals surface area contributed by atoms with E-state index in [9.17, 15) is 4.79 Å². The molecule has 8 atom stereocenters. The lowest BCUT2D eigenvalue weighted by Crippen LogP contribution is -2.44. The van der Waals surface area contributed by atoms with Crippen molar-refractivity contribution < 1.29 is 18.6 Å². The third-order valence-corrected chi connectivity index (χ3v) is 6.69. The first-order valence-electron chi connectivity index (χ1n) is 8.55. The summed E-state index contributed by atoms with van der Waals surface area (Å²) >= 11 is 0. The van der Waals surface area contributed by atoms with Gasteiger partial charge in [0.2, 0.25) is 0 Å². The van der Waals surface area contributed by atoms with Crippen LogP contribution in [0.25, 0.3) is 0 Å². The topological polar surface area (TPSA) is 44.8 Å². The number of hydrogen-bond acceptors (Lipinski definition) is 4. The van der Waals surface area contributed by atoms with Crippen LogP contribution < -0.4 is 0 Å². The van der Waals surface area contributed by atoms with Gasteiger partial charge in [0.05, 0.1) is 18.3 Å². The van der Waals surface area contributed by atoms with Crippen LogP contribution in [-0.2, 0) is 18.6 Å². The number of fused-ring (bicyclic) bond motifs is 1. The first kappa shape index (κ1) is 18.3. The van der Waals surface area contributed by atoms with Gasteiger partial charge in [-0.15, -0.1) is 0 Å². The summed E-state index contributed by atoms with van der Waals surface area (Å²) in [5.41, 5.74) is 0. The van der Waals surface area contributed by atoms with Crippen LogP contribution in [0.1, 0.15) is 46.5 Å². The van der Waals surface area contributed by atoms with Crippen LogP contribution in [0.5, 0.6) is 0 Å². The molecule has 0 N–H and O–H groups in total. The van der Waals surface area contributed by atoms with Crippen LogP contribution >= 0.6 is 8.38 Å². The predicted octanol–water partition coefficient (Wildman–Crippen LogP) is 4.02. The number of methoxy groups -OCH3 is 1. The minimum Gasteiger partial charge on any atom is -0.381 e. The minimum absolute atomic E-state index is 0.121. The van der Waals surface area contributed by atoms with E-state index in [-0.39, 0.29) is 18.1 Å². The maximum absolute atomic E-state index is 11.3. The third-order valence-electron chi connectivity index (χ3n) is 5.52. The fraction of sp³-hybridized carbons (Fsp3) is 0.941. The minimum atomic E-state index is -0.836. The molecule has 2 aliphatic rings. The molecule has 0 aromatic heterocycles. The summed E-state index contributed by atoms with van der Waals surface area (Å²) in [6, 6.07) is 0. The van der Waals surface area contributed by atoms with Crippen molar-refractivity contribution in [3.05, 3.63) is 0 Å². The Balaban J connectivity index is 2.23. The summed E-state index contributed by atoms with van der Waals surface area (Å²) in [4.78, 5) is 11.3. The molecule has 2 fully saturated rings. The normalized spacial score (nSPS) is 44.0. The third kappa shape index (κ3) is 4.08. The number of ether oxygens (including phenoxy) is 1. The standard InChI is InChI=1S/C17H31O4P/c1-6-13(10-18)8-15-12(3)20-22(5)21-17-11(2)7-14(19-4)9-16(15)17/h10-17H,6-9H2,1-5H3/t11?,12?,13?,14?,15?,16-,17?,22?/m0/s1. The molecule has 0 spiro atoms. The van der Waals surface area contributed by atoms with Crippen LogP contribution in [0.2, 0.25) is 0 Å². The quantitative estimate of drug-likeness (QED) is 0.564. The van der Waals surface area contributed by atoms with Crippen molar-refractivity contribution in [2.75, 3.05) is 13.8 Å². The molecule has 22 heavy (non-hydrogen) atoms. The molecule has 5 heteroatoms. The van der Waals surface area contributed by atoms with Gasteiger partial charge in [0.15, 0.2) is 8.38 Å². The molecule has 0 aromatic rings. The SMILES string of the molecule is CCC(C=O)CC1C(C)OP(C)OC2C(C)CC(OC)C[C@@H]12. The van der Waals surface area contributed by atoms with Crippen molar-refractivity contribution in [1.82, 2.24) is 0 Å². The fourth-order valence-corrected chi connectivity index (χ4v) is 5.57. The molecule has 2 rings (SSSR count). The summed E-state index contributed by atoms with van der Waals surface area (Å²) in [5.74, 6) is 1.38. The van der Waals surface area contributed by atoms with E-state index in [1.807, 2.05) is 0 Å². The van der Waals surface area contributed by atoms with Gasteiger partial charge in [-0.3, -0.25) is 0 Å². The Labute approximate surface area is 136 Å². The van der Waals surface area contributed by atoms with Crippen molar-refractivity contribution in [1.29, 1.82) is 0 Å². The second kappa shape index (κ2) is 8.19. The second-order valence-electron chi connectivity index (χ2n) is 6.99. The van der Waals surface area contributed by atoms with Gasteiger partial charge >= 0.3 is 0 Å². The zero-order valence-corrected chi connectivity index (χ0v) is 15.4. The number of hydrogen-bond donors (Lipinski definition) is 0. The monoisotopic (exact) mass is 330 g/mol. The first-order valence-corrected chi connectivity index (χ1v) is 10.2. The van der Waals surface area contributed by atoms with Gasteiger partial charge in [-0.25, -0.2) is 0 Å². The van der Waals surface area contributed by atoms with E-state index in [4.69, 9.17) is 13.8 Å². The van der Waals surface area contributed by atoms with Gasteiger partial charge in [0.1, 0.15) is 6.29 Å². The van der Waals surface area contributed by atoms with Crippen LogP contribution in [0, 0.1) is 23.7 Å². The molecule has 0 radical (unpaired) electrons. The highest BCUT2D eigenvalue weighted by molar-refractivity contribution is 7.46. The van der Waals surface area contributed by atoms with Crippen molar-refractivity contribution in [3.63, 3.8) is 0 Å². The van der Waals surface area contributed by atoms with Crippen LogP contribution in [0.15, 0.2) is 0 Å².